The van der Waals surface area contributed by atoms with Crippen LogP contribution in [0, 0.1) is 6.92 Å². The summed E-state index contributed by atoms with van der Waals surface area (Å²) in [6.45, 7) is 8.90. The van der Waals surface area contributed by atoms with Gasteiger partial charge in [0.2, 0.25) is 5.91 Å². The number of para-hydroxylation sites is 3. The predicted molar refractivity (Wildman–Crippen MR) is 103 cm³/mol. The van der Waals surface area contributed by atoms with E-state index in [1.807, 2.05) is 55.5 Å². The predicted octanol–water partition coefficient (Wildman–Crippen LogP) is 3.62. The fourth-order valence-electron chi connectivity index (χ4n) is 2.79. The average molecular weight is 349 g/mol. The first kappa shape index (κ1) is 17.7. The molecule has 0 unspecified atom stereocenters. The summed E-state index contributed by atoms with van der Waals surface area (Å²) in [5.41, 5.74) is 3.52. The Morgan fingerprint density at radius 3 is 2.69 bits per heavy atom. The van der Waals surface area contributed by atoms with E-state index in [0.29, 0.717) is 25.3 Å². The number of carbonyl (C=O) groups excluding carboxylic acids is 1. The standard InChI is InChI=1S/C21H23N3O2/c1-15(2)21(25)22-14-20-23-17-9-5-6-10-18(17)24(20)12-13-26-19-11-7-4-8-16(19)3/h4-11H,1,12-14H2,2-3H3,(H,22,25). The molecule has 0 bridgehead atoms. The fraction of sp³-hybridized carbons (Fsp3) is 0.238. The van der Waals surface area contributed by atoms with E-state index in [-0.39, 0.29) is 5.91 Å². The molecule has 3 rings (SSSR count). The summed E-state index contributed by atoms with van der Waals surface area (Å²) < 4.78 is 8.02. The number of aryl methyl sites for hydroxylation is 1. The second-order valence-corrected chi connectivity index (χ2v) is 6.25. The van der Waals surface area contributed by atoms with Crippen LogP contribution in [0.25, 0.3) is 11.0 Å². The lowest BCUT2D eigenvalue weighted by atomic mass is 10.2. The normalized spacial score (nSPS) is 10.7. The maximum absolute atomic E-state index is 11.8. The van der Waals surface area contributed by atoms with E-state index in [1.165, 1.54) is 0 Å². The zero-order chi connectivity index (χ0) is 18.5. The Bertz CT molecular complexity index is 943. The largest absolute Gasteiger partial charge is 0.491 e. The summed E-state index contributed by atoms with van der Waals surface area (Å²) in [6.07, 6.45) is 0. The molecule has 5 nitrogen and oxygen atoms in total. The number of benzene rings is 2. The van der Waals surface area contributed by atoms with E-state index in [1.54, 1.807) is 6.92 Å². The molecular weight excluding hydrogens is 326 g/mol. The minimum atomic E-state index is -0.167. The fourth-order valence-corrected chi connectivity index (χ4v) is 2.79. The van der Waals surface area contributed by atoms with Crippen LogP contribution in [0.5, 0.6) is 5.75 Å². The third-order valence-electron chi connectivity index (χ3n) is 4.19. The summed E-state index contributed by atoms with van der Waals surface area (Å²) in [6, 6.07) is 15.9. The maximum atomic E-state index is 11.8. The highest BCUT2D eigenvalue weighted by Crippen LogP contribution is 2.18. The van der Waals surface area contributed by atoms with Crippen molar-refractivity contribution in [3.05, 3.63) is 72.1 Å². The van der Waals surface area contributed by atoms with Crippen molar-refractivity contribution in [2.45, 2.75) is 26.9 Å². The number of hydrogen-bond donors (Lipinski definition) is 1. The first-order valence-corrected chi connectivity index (χ1v) is 8.62. The van der Waals surface area contributed by atoms with Crippen molar-refractivity contribution in [3.63, 3.8) is 0 Å². The second-order valence-electron chi connectivity index (χ2n) is 6.25. The first-order chi connectivity index (χ1) is 12.6. The third kappa shape index (κ3) is 3.94. The molecule has 0 saturated heterocycles. The van der Waals surface area contributed by atoms with E-state index in [4.69, 9.17) is 4.74 Å². The van der Waals surface area contributed by atoms with Gasteiger partial charge in [0, 0.05) is 5.57 Å². The minimum Gasteiger partial charge on any atom is -0.491 e. The summed E-state index contributed by atoms with van der Waals surface area (Å²) in [4.78, 5) is 16.5. The van der Waals surface area contributed by atoms with Crippen LogP contribution < -0.4 is 10.1 Å². The van der Waals surface area contributed by atoms with Crippen LogP contribution in [0.15, 0.2) is 60.7 Å². The Hall–Kier alpha value is -3.08. The third-order valence-corrected chi connectivity index (χ3v) is 4.19. The van der Waals surface area contributed by atoms with Crippen molar-refractivity contribution in [2.24, 2.45) is 0 Å². The van der Waals surface area contributed by atoms with Gasteiger partial charge in [-0.3, -0.25) is 4.79 Å². The van der Waals surface area contributed by atoms with Gasteiger partial charge >= 0.3 is 0 Å². The highest BCUT2D eigenvalue weighted by atomic mass is 16.5. The molecule has 134 valence electrons. The Kier molecular flexibility index (Phi) is 5.37. The number of imidazole rings is 1. The van der Waals surface area contributed by atoms with Crippen LogP contribution in [0.3, 0.4) is 0 Å². The number of aromatic nitrogens is 2. The lowest BCUT2D eigenvalue weighted by molar-refractivity contribution is -0.117. The van der Waals surface area contributed by atoms with Gasteiger partial charge in [-0.1, -0.05) is 36.9 Å². The summed E-state index contributed by atoms with van der Waals surface area (Å²) in [7, 11) is 0. The Labute approximate surface area is 153 Å². The summed E-state index contributed by atoms with van der Waals surface area (Å²) in [5.74, 6) is 1.52. The Morgan fingerprint density at radius 2 is 1.92 bits per heavy atom. The second kappa shape index (κ2) is 7.87. The number of ether oxygens (including phenoxy) is 1. The molecule has 5 heteroatoms. The zero-order valence-electron chi connectivity index (χ0n) is 15.2. The molecule has 0 aliphatic rings. The number of carbonyl (C=O) groups is 1. The zero-order valence-corrected chi connectivity index (χ0v) is 15.2. The van der Waals surface area contributed by atoms with E-state index in [9.17, 15) is 4.79 Å². The molecule has 26 heavy (non-hydrogen) atoms. The van der Waals surface area contributed by atoms with Crippen molar-refractivity contribution in [1.29, 1.82) is 0 Å². The molecule has 1 aromatic heterocycles. The molecule has 0 radical (unpaired) electrons. The Morgan fingerprint density at radius 1 is 1.19 bits per heavy atom. The van der Waals surface area contributed by atoms with Gasteiger partial charge in [-0.05, 0) is 37.6 Å². The average Bonchev–Trinajstić information content (AvgIpc) is 2.99. The number of nitrogens with zero attached hydrogens (tertiary/aromatic N) is 2. The van der Waals surface area contributed by atoms with Crippen molar-refractivity contribution in [1.82, 2.24) is 14.9 Å². The van der Waals surface area contributed by atoms with Gasteiger partial charge in [-0.15, -0.1) is 0 Å². The molecule has 3 aromatic rings. The molecule has 1 amide bonds. The number of rotatable bonds is 7. The number of amides is 1. The number of nitrogens with one attached hydrogen (secondary N) is 1. The lowest BCUT2D eigenvalue weighted by Gasteiger charge is -2.12. The maximum Gasteiger partial charge on any atom is 0.246 e. The highest BCUT2D eigenvalue weighted by Gasteiger charge is 2.12. The molecule has 1 heterocycles. The monoisotopic (exact) mass is 349 g/mol. The van der Waals surface area contributed by atoms with Crippen LogP contribution >= 0.6 is 0 Å². The van der Waals surface area contributed by atoms with Crippen LogP contribution in [0.1, 0.15) is 18.3 Å². The Balaban J connectivity index is 1.77. The van der Waals surface area contributed by atoms with E-state index in [0.717, 1.165) is 28.2 Å². The van der Waals surface area contributed by atoms with Crippen molar-refractivity contribution in [2.75, 3.05) is 6.61 Å². The van der Waals surface area contributed by atoms with Gasteiger partial charge in [-0.25, -0.2) is 4.98 Å². The van der Waals surface area contributed by atoms with Crippen LogP contribution in [-0.2, 0) is 17.9 Å². The van der Waals surface area contributed by atoms with Gasteiger partial charge in [0.1, 0.15) is 18.2 Å². The van der Waals surface area contributed by atoms with Crippen LogP contribution in [0.2, 0.25) is 0 Å². The minimum absolute atomic E-state index is 0.167. The van der Waals surface area contributed by atoms with Crippen molar-refractivity contribution < 1.29 is 9.53 Å². The molecule has 0 spiro atoms. The molecular formula is C21H23N3O2. The van der Waals surface area contributed by atoms with Gasteiger partial charge in [0.15, 0.2) is 0 Å². The molecule has 1 N–H and O–H groups in total. The van der Waals surface area contributed by atoms with E-state index < -0.39 is 0 Å². The van der Waals surface area contributed by atoms with Gasteiger partial charge < -0.3 is 14.6 Å². The van der Waals surface area contributed by atoms with Gasteiger partial charge in [0.25, 0.3) is 0 Å². The first-order valence-electron chi connectivity index (χ1n) is 8.62. The van der Waals surface area contributed by atoms with Crippen LogP contribution in [-0.4, -0.2) is 22.1 Å². The number of fused-ring (bicyclic) bond motifs is 1. The highest BCUT2D eigenvalue weighted by molar-refractivity contribution is 5.92. The van der Waals surface area contributed by atoms with Gasteiger partial charge in [-0.2, -0.15) is 0 Å². The van der Waals surface area contributed by atoms with E-state index in [2.05, 4.69) is 21.4 Å². The SMILES string of the molecule is C=C(C)C(=O)NCc1nc2ccccc2n1CCOc1ccccc1C. The van der Waals surface area contributed by atoms with E-state index >= 15 is 0 Å². The van der Waals surface area contributed by atoms with Gasteiger partial charge in [0.05, 0.1) is 24.1 Å². The molecule has 0 atom stereocenters. The quantitative estimate of drug-likeness (QED) is 0.663. The molecule has 0 aliphatic heterocycles. The molecule has 0 fully saturated rings. The van der Waals surface area contributed by atoms with Crippen LogP contribution in [0.4, 0.5) is 0 Å². The topological polar surface area (TPSA) is 56.2 Å². The molecule has 0 aliphatic carbocycles. The number of hydrogen-bond acceptors (Lipinski definition) is 3. The summed E-state index contributed by atoms with van der Waals surface area (Å²) >= 11 is 0. The van der Waals surface area contributed by atoms with Crippen molar-refractivity contribution >= 4 is 16.9 Å². The molecule has 2 aromatic carbocycles. The molecule has 0 saturated carbocycles. The summed E-state index contributed by atoms with van der Waals surface area (Å²) in [5, 5.41) is 2.85. The van der Waals surface area contributed by atoms with Crippen molar-refractivity contribution in [3.8, 4) is 5.75 Å². The smallest absolute Gasteiger partial charge is 0.246 e. The lowest BCUT2D eigenvalue weighted by Crippen LogP contribution is -2.25.